The molecular weight excluding hydrogens is 262 g/mol. The third-order valence-corrected chi connectivity index (χ3v) is 3.50. The second-order valence-electron chi connectivity index (χ2n) is 4.75. The minimum atomic E-state index is 0.844. The molecule has 3 aromatic rings. The lowest BCUT2D eigenvalue weighted by Gasteiger charge is -2.19. The summed E-state index contributed by atoms with van der Waals surface area (Å²) in [5.41, 5.74) is 4.22. The fourth-order valence-corrected chi connectivity index (χ4v) is 2.29. The van der Waals surface area contributed by atoms with E-state index in [1.807, 2.05) is 55.7 Å². The van der Waals surface area contributed by atoms with E-state index in [-0.39, 0.29) is 0 Å². The molecule has 0 aliphatic heterocycles. The van der Waals surface area contributed by atoms with E-state index in [1.54, 1.807) is 7.11 Å². The maximum Gasteiger partial charge on any atom is 0.118 e. The molecule has 0 saturated heterocycles. The molecule has 106 valence electrons. The Hall–Kier alpha value is -2.75. The summed E-state index contributed by atoms with van der Waals surface area (Å²) in [6.07, 6.45) is 1.84. The molecule has 0 saturated carbocycles. The van der Waals surface area contributed by atoms with Crippen LogP contribution < -0.4 is 9.64 Å². The predicted octanol–water partition coefficient (Wildman–Crippen LogP) is 3.85. The number of nitrogens with one attached hydrogen (secondary N) is 1. The highest BCUT2D eigenvalue weighted by Crippen LogP contribution is 2.32. The summed E-state index contributed by atoms with van der Waals surface area (Å²) in [5.74, 6) is 0.844. The fraction of sp³-hybridized carbons (Fsp3) is 0.118. The number of nitrogens with zero attached hydrogens (tertiary/aromatic N) is 2. The van der Waals surface area contributed by atoms with Crippen LogP contribution in [0, 0.1) is 0 Å². The van der Waals surface area contributed by atoms with Gasteiger partial charge in [0, 0.05) is 18.3 Å². The molecule has 1 aromatic heterocycles. The molecule has 0 spiro atoms. The van der Waals surface area contributed by atoms with Crippen LogP contribution in [-0.4, -0.2) is 24.4 Å². The first-order valence-electron chi connectivity index (χ1n) is 6.76. The quantitative estimate of drug-likeness (QED) is 0.788. The van der Waals surface area contributed by atoms with Gasteiger partial charge in [0.25, 0.3) is 0 Å². The van der Waals surface area contributed by atoms with E-state index in [0.717, 1.165) is 28.4 Å². The summed E-state index contributed by atoms with van der Waals surface area (Å²) in [6, 6.07) is 18.2. The van der Waals surface area contributed by atoms with Crippen molar-refractivity contribution in [2.24, 2.45) is 0 Å². The van der Waals surface area contributed by atoms with Crippen LogP contribution in [0.5, 0.6) is 5.75 Å². The summed E-state index contributed by atoms with van der Waals surface area (Å²) in [4.78, 5) is 2.11. The van der Waals surface area contributed by atoms with Crippen LogP contribution in [0.1, 0.15) is 0 Å². The molecule has 0 aliphatic carbocycles. The molecule has 21 heavy (non-hydrogen) atoms. The second-order valence-corrected chi connectivity index (χ2v) is 4.75. The molecule has 0 unspecified atom stereocenters. The molecule has 0 bridgehead atoms. The van der Waals surface area contributed by atoms with Crippen molar-refractivity contribution in [1.82, 2.24) is 10.2 Å². The Labute approximate surface area is 124 Å². The molecular formula is C17H17N3O. The SMILES string of the molecule is COc1ccc(-c2[nH]ncc2N(C)c2ccccc2)cc1. The molecule has 0 atom stereocenters. The number of para-hydroxylation sites is 1. The van der Waals surface area contributed by atoms with Gasteiger partial charge in [0.15, 0.2) is 0 Å². The summed E-state index contributed by atoms with van der Waals surface area (Å²) >= 11 is 0. The molecule has 0 amide bonds. The number of anilines is 2. The van der Waals surface area contributed by atoms with Crippen molar-refractivity contribution in [1.29, 1.82) is 0 Å². The number of H-pyrrole nitrogens is 1. The Morgan fingerprint density at radius 1 is 1.00 bits per heavy atom. The van der Waals surface area contributed by atoms with Crippen molar-refractivity contribution >= 4 is 11.4 Å². The minimum absolute atomic E-state index is 0.844. The van der Waals surface area contributed by atoms with Crippen LogP contribution in [0.4, 0.5) is 11.4 Å². The lowest BCUT2D eigenvalue weighted by molar-refractivity contribution is 0.415. The highest BCUT2D eigenvalue weighted by molar-refractivity contribution is 5.78. The largest absolute Gasteiger partial charge is 0.497 e. The molecule has 4 nitrogen and oxygen atoms in total. The fourth-order valence-electron chi connectivity index (χ4n) is 2.29. The first kappa shape index (κ1) is 13.2. The highest BCUT2D eigenvalue weighted by atomic mass is 16.5. The zero-order valence-electron chi connectivity index (χ0n) is 12.1. The average Bonchev–Trinajstić information content (AvgIpc) is 3.04. The van der Waals surface area contributed by atoms with Gasteiger partial charge >= 0.3 is 0 Å². The normalized spacial score (nSPS) is 10.4. The van der Waals surface area contributed by atoms with Crippen LogP contribution in [0.2, 0.25) is 0 Å². The van der Waals surface area contributed by atoms with Gasteiger partial charge in [-0.05, 0) is 36.4 Å². The van der Waals surface area contributed by atoms with Gasteiger partial charge in [-0.2, -0.15) is 5.10 Å². The number of hydrogen-bond donors (Lipinski definition) is 1. The summed E-state index contributed by atoms with van der Waals surface area (Å²) in [7, 11) is 3.70. The molecule has 0 fully saturated rings. The Balaban J connectivity index is 1.96. The van der Waals surface area contributed by atoms with Gasteiger partial charge in [-0.15, -0.1) is 0 Å². The van der Waals surface area contributed by atoms with Gasteiger partial charge in [0.05, 0.1) is 24.7 Å². The second kappa shape index (κ2) is 5.71. The number of rotatable bonds is 4. The first-order chi connectivity index (χ1) is 10.3. The Morgan fingerprint density at radius 3 is 2.38 bits per heavy atom. The maximum absolute atomic E-state index is 5.20. The van der Waals surface area contributed by atoms with Gasteiger partial charge < -0.3 is 9.64 Å². The summed E-state index contributed by atoms with van der Waals surface area (Å²) in [6.45, 7) is 0. The van der Waals surface area contributed by atoms with Crippen molar-refractivity contribution < 1.29 is 4.74 Å². The Morgan fingerprint density at radius 2 is 1.71 bits per heavy atom. The van der Waals surface area contributed by atoms with Crippen LogP contribution in [0.15, 0.2) is 60.8 Å². The standard InChI is InChI=1S/C17H17N3O/c1-20(14-6-4-3-5-7-14)16-12-18-19-17(16)13-8-10-15(21-2)11-9-13/h3-12H,1-2H3,(H,18,19). The Bertz CT molecular complexity index is 704. The number of benzene rings is 2. The van der Waals surface area contributed by atoms with Crippen molar-refractivity contribution in [2.45, 2.75) is 0 Å². The van der Waals surface area contributed by atoms with Crippen molar-refractivity contribution in [3.05, 3.63) is 60.8 Å². The van der Waals surface area contributed by atoms with Crippen LogP contribution >= 0.6 is 0 Å². The monoisotopic (exact) mass is 279 g/mol. The van der Waals surface area contributed by atoms with E-state index in [1.165, 1.54) is 0 Å². The van der Waals surface area contributed by atoms with Crippen LogP contribution in [-0.2, 0) is 0 Å². The smallest absolute Gasteiger partial charge is 0.118 e. The lowest BCUT2D eigenvalue weighted by atomic mass is 10.1. The van der Waals surface area contributed by atoms with E-state index >= 15 is 0 Å². The predicted molar refractivity (Wildman–Crippen MR) is 85.1 cm³/mol. The molecule has 1 heterocycles. The summed E-state index contributed by atoms with van der Waals surface area (Å²) < 4.78 is 5.20. The highest BCUT2D eigenvalue weighted by Gasteiger charge is 2.13. The van der Waals surface area contributed by atoms with Gasteiger partial charge in [-0.25, -0.2) is 0 Å². The topological polar surface area (TPSA) is 41.1 Å². The number of methoxy groups -OCH3 is 1. The zero-order chi connectivity index (χ0) is 14.7. The zero-order valence-corrected chi connectivity index (χ0v) is 12.1. The molecule has 1 N–H and O–H groups in total. The molecule has 0 radical (unpaired) electrons. The van der Waals surface area contributed by atoms with Gasteiger partial charge in [-0.3, -0.25) is 5.10 Å². The van der Waals surface area contributed by atoms with Gasteiger partial charge in [0.2, 0.25) is 0 Å². The van der Waals surface area contributed by atoms with Crippen molar-refractivity contribution in [2.75, 3.05) is 19.1 Å². The summed E-state index contributed by atoms with van der Waals surface area (Å²) in [5, 5.41) is 7.27. The van der Waals surface area contributed by atoms with Crippen LogP contribution in [0.3, 0.4) is 0 Å². The third-order valence-electron chi connectivity index (χ3n) is 3.50. The van der Waals surface area contributed by atoms with E-state index in [9.17, 15) is 0 Å². The maximum atomic E-state index is 5.20. The number of aromatic amines is 1. The Kier molecular flexibility index (Phi) is 3.60. The lowest BCUT2D eigenvalue weighted by Crippen LogP contribution is -2.09. The van der Waals surface area contributed by atoms with E-state index in [2.05, 4.69) is 27.2 Å². The molecule has 3 rings (SSSR count). The third kappa shape index (κ3) is 2.60. The molecule has 2 aromatic carbocycles. The van der Waals surface area contributed by atoms with E-state index in [0.29, 0.717) is 0 Å². The van der Waals surface area contributed by atoms with Crippen molar-refractivity contribution in [3.63, 3.8) is 0 Å². The van der Waals surface area contributed by atoms with Gasteiger partial charge in [0.1, 0.15) is 5.75 Å². The van der Waals surface area contributed by atoms with E-state index < -0.39 is 0 Å². The minimum Gasteiger partial charge on any atom is -0.497 e. The van der Waals surface area contributed by atoms with Crippen molar-refractivity contribution in [3.8, 4) is 17.0 Å². The van der Waals surface area contributed by atoms with E-state index in [4.69, 9.17) is 4.74 Å². The van der Waals surface area contributed by atoms with Gasteiger partial charge in [-0.1, -0.05) is 18.2 Å². The molecule has 0 aliphatic rings. The van der Waals surface area contributed by atoms with Crippen LogP contribution in [0.25, 0.3) is 11.3 Å². The number of hydrogen-bond acceptors (Lipinski definition) is 3. The number of ether oxygens (including phenoxy) is 1. The average molecular weight is 279 g/mol. The first-order valence-corrected chi connectivity index (χ1v) is 6.76. The molecule has 4 heteroatoms. The number of aromatic nitrogens is 2.